The molecule has 2 nitrogen and oxygen atoms in total. The summed E-state index contributed by atoms with van der Waals surface area (Å²) < 4.78 is 19.8. The van der Waals surface area contributed by atoms with Crippen molar-refractivity contribution in [1.29, 1.82) is 0 Å². The van der Waals surface area contributed by atoms with Crippen molar-refractivity contribution in [3.8, 4) is 5.75 Å². The molecule has 0 saturated heterocycles. The molecule has 0 radical (unpaired) electrons. The van der Waals surface area contributed by atoms with Crippen LogP contribution in [0.1, 0.15) is 5.56 Å². The summed E-state index contributed by atoms with van der Waals surface area (Å²) in [6.45, 7) is 2.10. The van der Waals surface area contributed by atoms with Crippen LogP contribution in [0.5, 0.6) is 5.75 Å². The van der Waals surface area contributed by atoms with Gasteiger partial charge in [0.2, 0.25) is 0 Å². The molecule has 0 aliphatic rings. The van der Waals surface area contributed by atoms with E-state index in [9.17, 15) is 4.39 Å². The van der Waals surface area contributed by atoms with Gasteiger partial charge >= 0.3 is 0 Å². The monoisotopic (exact) mass is 337 g/mol. The van der Waals surface area contributed by atoms with Gasteiger partial charge in [-0.25, -0.2) is 4.39 Å². The van der Waals surface area contributed by atoms with E-state index < -0.39 is 0 Å². The smallest absolute Gasteiger partial charge is 0.123 e. The van der Waals surface area contributed by atoms with Crippen molar-refractivity contribution in [3.63, 3.8) is 0 Å². The second-order valence-electron chi connectivity index (χ2n) is 4.67. The summed E-state index contributed by atoms with van der Waals surface area (Å²) in [7, 11) is 2.00. The molecule has 0 aliphatic carbocycles. The zero-order valence-electron chi connectivity index (χ0n) is 11.4. The number of hydrogen-bond acceptors (Lipinski definition) is 2. The van der Waals surface area contributed by atoms with Gasteiger partial charge in [0.1, 0.15) is 18.2 Å². The average Bonchev–Trinajstić information content (AvgIpc) is 2.41. The first-order chi connectivity index (χ1) is 9.63. The van der Waals surface area contributed by atoms with E-state index in [1.807, 2.05) is 37.4 Å². The SMILES string of the molecule is CN(CCOc1ccc(Br)cc1)Cc1cccc(F)c1. The minimum absolute atomic E-state index is 0.193. The van der Waals surface area contributed by atoms with Crippen LogP contribution in [-0.4, -0.2) is 25.1 Å². The van der Waals surface area contributed by atoms with Gasteiger partial charge in [-0.1, -0.05) is 28.1 Å². The Morgan fingerprint density at radius 2 is 1.90 bits per heavy atom. The molecule has 0 bridgehead atoms. The molecular formula is C16H17BrFNO. The van der Waals surface area contributed by atoms with Gasteiger partial charge in [0, 0.05) is 17.6 Å². The van der Waals surface area contributed by atoms with Gasteiger partial charge in [0.15, 0.2) is 0 Å². The van der Waals surface area contributed by atoms with Crippen molar-refractivity contribution in [1.82, 2.24) is 4.90 Å². The van der Waals surface area contributed by atoms with Crippen LogP contribution in [0.15, 0.2) is 53.0 Å². The zero-order chi connectivity index (χ0) is 14.4. The van der Waals surface area contributed by atoms with Gasteiger partial charge in [-0.05, 0) is 49.0 Å². The fourth-order valence-corrected chi connectivity index (χ4v) is 2.14. The molecule has 0 saturated carbocycles. The molecule has 2 aromatic rings. The largest absolute Gasteiger partial charge is 0.492 e. The third kappa shape index (κ3) is 4.94. The molecular weight excluding hydrogens is 321 g/mol. The summed E-state index contributed by atoms with van der Waals surface area (Å²) in [5, 5.41) is 0. The maximum atomic E-state index is 13.1. The lowest BCUT2D eigenvalue weighted by atomic mass is 10.2. The minimum Gasteiger partial charge on any atom is -0.492 e. The van der Waals surface area contributed by atoms with Crippen LogP contribution >= 0.6 is 15.9 Å². The Balaban J connectivity index is 1.75. The van der Waals surface area contributed by atoms with Crippen LogP contribution in [0.3, 0.4) is 0 Å². The third-order valence-electron chi connectivity index (χ3n) is 2.90. The van der Waals surface area contributed by atoms with Crippen molar-refractivity contribution >= 4 is 15.9 Å². The van der Waals surface area contributed by atoms with Crippen LogP contribution in [-0.2, 0) is 6.54 Å². The summed E-state index contributed by atoms with van der Waals surface area (Å²) in [6.07, 6.45) is 0. The predicted octanol–water partition coefficient (Wildman–Crippen LogP) is 4.10. The Morgan fingerprint density at radius 1 is 1.15 bits per heavy atom. The maximum absolute atomic E-state index is 13.1. The number of nitrogens with zero attached hydrogens (tertiary/aromatic N) is 1. The highest BCUT2D eigenvalue weighted by molar-refractivity contribution is 9.10. The van der Waals surface area contributed by atoms with E-state index in [0.29, 0.717) is 13.2 Å². The van der Waals surface area contributed by atoms with E-state index in [1.54, 1.807) is 12.1 Å². The van der Waals surface area contributed by atoms with Crippen molar-refractivity contribution < 1.29 is 9.13 Å². The average molecular weight is 338 g/mol. The summed E-state index contributed by atoms with van der Waals surface area (Å²) in [5.41, 5.74) is 0.969. The van der Waals surface area contributed by atoms with E-state index in [-0.39, 0.29) is 5.82 Å². The highest BCUT2D eigenvalue weighted by Crippen LogP contribution is 2.16. The van der Waals surface area contributed by atoms with Crippen molar-refractivity contribution in [2.24, 2.45) is 0 Å². The maximum Gasteiger partial charge on any atom is 0.123 e. The Labute approximate surface area is 127 Å². The van der Waals surface area contributed by atoms with Gasteiger partial charge in [-0.2, -0.15) is 0 Å². The number of halogens is 2. The van der Waals surface area contributed by atoms with E-state index in [0.717, 1.165) is 22.3 Å². The van der Waals surface area contributed by atoms with Crippen LogP contribution < -0.4 is 4.74 Å². The van der Waals surface area contributed by atoms with Gasteiger partial charge in [0.25, 0.3) is 0 Å². The second-order valence-corrected chi connectivity index (χ2v) is 5.59. The lowest BCUT2D eigenvalue weighted by Crippen LogP contribution is -2.23. The quantitative estimate of drug-likeness (QED) is 0.786. The zero-order valence-corrected chi connectivity index (χ0v) is 12.9. The third-order valence-corrected chi connectivity index (χ3v) is 3.43. The summed E-state index contributed by atoms with van der Waals surface area (Å²) in [4.78, 5) is 2.10. The molecule has 0 fully saturated rings. The Morgan fingerprint density at radius 3 is 2.60 bits per heavy atom. The van der Waals surface area contributed by atoms with Crippen molar-refractivity contribution in [2.45, 2.75) is 6.54 Å². The highest BCUT2D eigenvalue weighted by atomic mass is 79.9. The normalized spacial score (nSPS) is 10.8. The molecule has 0 N–H and O–H groups in total. The molecule has 0 unspecified atom stereocenters. The summed E-state index contributed by atoms with van der Waals surface area (Å²) in [6, 6.07) is 14.4. The topological polar surface area (TPSA) is 12.5 Å². The van der Waals surface area contributed by atoms with E-state index in [1.165, 1.54) is 6.07 Å². The number of likely N-dealkylation sites (N-methyl/N-ethyl adjacent to an activating group) is 1. The lowest BCUT2D eigenvalue weighted by Gasteiger charge is -2.17. The molecule has 20 heavy (non-hydrogen) atoms. The van der Waals surface area contributed by atoms with Crippen LogP contribution in [0, 0.1) is 5.82 Å². The molecule has 106 valence electrons. The number of hydrogen-bond donors (Lipinski definition) is 0. The first-order valence-corrected chi connectivity index (χ1v) is 7.24. The molecule has 4 heteroatoms. The Kier molecular flexibility index (Phi) is 5.56. The van der Waals surface area contributed by atoms with Crippen molar-refractivity contribution in [3.05, 3.63) is 64.4 Å². The van der Waals surface area contributed by atoms with Crippen LogP contribution in [0.25, 0.3) is 0 Å². The number of rotatable bonds is 6. The number of benzene rings is 2. The standard InChI is InChI=1S/C16H17BrFNO/c1-19(12-13-3-2-4-15(18)11-13)9-10-20-16-7-5-14(17)6-8-16/h2-8,11H,9-10,12H2,1H3. The number of ether oxygens (including phenoxy) is 1. The first-order valence-electron chi connectivity index (χ1n) is 6.45. The molecule has 0 amide bonds. The van der Waals surface area contributed by atoms with E-state index >= 15 is 0 Å². The fourth-order valence-electron chi connectivity index (χ4n) is 1.88. The second kappa shape index (κ2) is 7.41. The van der Waals surface area contributed by atoms with E-state index in [4.69, 9.17) is 4.74 Å². The fraction of sp³-hybridized carbons (Fsp3) is 0.250. The Hall–Kier alpha value is -1.39. The predicted molar refractivity (Wildman–Crippen MR) is 82.4 cm³/mol. The lowest BCUT2D eigenvalue weighted by molar-refractivity contribution is 0.232. The minimum atomic E-state index is -0.193. The molecule has 2 aromatic carbocycles. The van der Waals surface area contributed by atoms with Crippen LogP contribution in [0.2, 0.25) is 0 Å². The summed E-state index contributed by atoms with van der Waals surface area (Å²) >= 11 is 3.39. The molecule has 0 spiro atoms. The molecule has 0 aliphatic heterocycles. The van der Waals surface area contributed by atoms with Gasteiger partial charge in [-0.15, -0.1) is 0 Å². The molecule has 0 atom stereocenters. The van der Waals surface area contributed by atoms with Crippen LogP contribution in [0.4, 0.5) is 4.39 Å². The first kappa shape index (κ1) is 15.0. The summed E-state index contributed by atoms with van der Waals surface area (Å²) in [5.74, 6) is 0.661. The van der Waals surface area contributed by atoms with Gasteiger partial charge in [-0.3, -0.25) is 4.90 Å². The Bertz CT molecular complexity index is 544. The molecule has 2 rings (SSSR count). The van der Waals surface area contributed by atoms with Gasteiger partial charge < -0.3 is 4.74 Å². The van der Waals surface area contributed by atoms with Gasteiger partial charge in [0.05, 0.1) is 0 Å². The molecule has 0 aromatic heterocycles. The molecule has 0 heterocycles. The van der Waals surface area contributed by atoms with E-state index in [2.05, 4.69) is 20.8 Å². The van der Waals surface area contributed by atoms with Crippen molar-refractivity contribution in [2.75, 3.05) is 20.2 Å². The highest BCUT2D eigenvalue weighted by Gasteiger charge is 2.02.